The fraction of sp³-hybridized carbons (Fsp3) is 0.920. The van der Waals surface area contributed by atoms with Gasteiger partial charge in [-0.05, 0) is 41.5 Å². The van der Waals surface area contributed by atoms with E-state index in [-0.39, 0.29) is 6.09 Å². The van der Waals surface area contributed by atoms with E-state index in [4.69, 9.17) is 37.9 Å². The van der Waals surface area contributed by atoms with Crippen LogP contribution < -0.4 is 5.32 Å². The lowest BCUT2D eigenvalue weighted by molar-refractivity contribution is -0.0178. The Balaban J connectivity index is 3.26. The van der Waals surface area contributed by atoms with Gasteiger partial charge in [-0.1, -0.05) is 0 Å². The molecule has 0 atom stereocenters. The lowest BCUT2D eigenvalue weighted by Gasteiger charge is -2.24. The highest BCUT2D eigenvalue weighted by atomic mass is 16.6. The van der Waals surface area contributed by atoms with E-state index < -0.39 is 17.3 Å². The highest BCUT2D eigenvalue weighted by Crippen LogP contribution is 2.09. The molecule has 0 aliphatic carbocycles. The Hall–Kier alpha value is -1.70. The van der Waals surface area contributed by atoms with Crippen LogP contribution in [0, 0.1) is 0 Å². The number of hydrogen-bond acceptors (Lipinski definition) is 10. The van der Waals surface area contributed by atoms with Crippen molar-refractivity contribution in [1.29, 1.82) is 0 Å². The molecule has 0 rings (SSSR count). The molecule has 0 aromatic heterocycles. The quantitative estimate of drug-likeness (QED) is 0.218. The van der Waals surface area contributed by atoms with Crippen LogP contribution in [0.4, 0.5) is 9.59 Å². The van der Waals surface area contributed by atoms with Crippen molar-refractivity contribution in [1.82, 2.24) is 10.2 Å². The smallest absolute Gasteiger partial charge is 0.410 e. The van der Waals surface area contributed by atoms with Gasteiger partial charge < -0.3 is 48.1 Å². The maximum absolute atomic E-state index is 11.8. The third kappa shape index (κ3) is 27.2. The van der Waals surface area contributed by atoms with Gasteiger partial charge in [0.15, 0.2) is 0 Å². The van der Waals surface area contributed by atoms with Gasteiger partial charge in [0.2, 0.25) is 0 Å². The van der Waals surface area contributed by atoms with Crippen LogP contribution in [-0.4, -0.2) is 128 Å². The van der Waals surface area contributed by atoms with Crippen molar-refractivity contribution in [3.05, 3.63) is 0 Å². The SMILES string of the molecule is CN(CCOCCOCCOCCOCCOCCOCCNC(=O)OC(C)(C)C)C(=O)OC(C)(C)C. The Morgan fingerprint density at radius 2 is 0.919 bits per heavy atom. The van der Waals surface area contributed by atoms with Crippen LogP contribution in [0.2, 0.25) is 0 Å². The third-order valence-corrected chi connectivity index (χ3v) is 4.05. The van der Waals surface area contributed by atoms with Crippen molar-refractivity contribution >= 4 is 12.2 Å². The molecule has 1 N–H and O–H groups in total. The lowest BCUT2D eigenvalue weighted by Crippen LogP contribution is -2.36. The Morgan fingerprint density at radius 1 is 0.568 bits per heavy atom. The Kier molecular flexibility index (Phi) is 20.3. The van der Waals surface area contributed by atoms with Crippen molar-refractivity contribution < 1.29 is 47.5 Å². The summed E-state index contributed by atoms with van der Waals surface area (Å²) < 4.78 is 42.9. The number of alkyl carbamates (subject to hydrolysis) is 1. The van der Waals surface area contributed by atoms with Crippen LogP contribution in [0.3, 0.4) is 0 Å². The maximum atomic E-state index is 11.8. The average Bonchev–Trinajstić information content (AvgIpc) is 2.77. The van der Waals surface area contributed by atoms with E-state index >= 15 is 0 Å². The predicted molar refractivity (Wildman–Crippen MR) is 138 cm³/mol. The van der Waals surface area contributed by atoms with Crippen LogP contribution in [-0.2, 0) is 37.9 Å². The Labute approximate surface area is 222 Å². The zero-order valence-electron chi connectivity index (χ0n) is 23.9. The molecule has 0 aliphatic heterocycles. The zero-order valence-corrected chi connectivity index (χ0v) is 23.9. The molecule has 220 valence electrons. The van der Waals surface area contributed by atoms with Crippen molar-refractivity contribution in [3.8, 4) is 0 Å². The van der Waals surface area contributed by atoms with Gasteiger partial charge in [0.05, 0.1) is 79.3 Å². The monoisotopic (exact) mass is 538 g/mol. The molecule has 37 heavy (non-hydrogen) atoms. The highest BCUT2D eigenvalue weighted by molar-refractivity contribution is 5.68. The van der Waals surface area contributed by atoms with Gasteiger partial charge in [0.1, 0.15) is 11.2 Å². The molecular weight excluding hydrogens is 488 g/mol. The van der Waals surface area contributed by atoms with E-state index in [1.54, 1.807) is 7.05 Å². The van der Waals surface area contributed by atoms with Gasteiger partial charge in [-0.25, -0.2) is 9.59 Å². The molecule has 0 radical (unpaired) electrons. The average molecular weight is 539 g/mol. The van der Waals surface area contributed by atoms with Gasteiger partial charge >= 0.3 is 12.2 Å². The predicted octanol–water partition coefficient (Wildman–Crippen LogP) is 2.48. The summed E-state index contributed by atoms with van der Waals surface area (Å²) in [7, 11) is 1.68. The van der Waals surface area contributed by atoms with Crippen LogP contribution in [0.15, 0.2) is 0 Å². The number of rotatable bonds is 21. The molecule has 0 saturated heterocycles. The summed E-state index contributed by atoms with van der Waals surface area (Å²) in [5.41, 5.74) is -1.02. The maximum Gasteiger partial charge on any atom is 0.410 e. The number of nitrogens with zero attached hydrogens (tertiary/aromatic N) is 1. The first kappa shape index (κ1) is 35.3. The van der Waals surface area contributed by atoms with E-state index in [0.717, 1.165) is 0 Å². The number of amides is 2. The molecule has 0 heterocycles. The summed E-state index contributed by atoms with van der Waals surface area (Å²) in [4.78, 5) is 24.7. The number of hydrogen-bond donors (Lipinski definition) is 1. The normalized spacial score (nSPS) is 11.9. The van der Waals surface area contributed by atoms with Crippen LogP contribution in [0.1, 0.15) is 41.5 Å². The molecule has 0 fully saturated rings. The molecule has 0 aliphatic rings. The molecule has 0 spiro atoms. The first-order chi connectivity index (χ1) is 17.4. The lowest BCUT2D eigenvalue weighted by atomic mass is 10.2. The summed E-state index contributed by atoms with van der Waals surface area (Å²) in [6.45, 7) is 17.2. The molecule has 12 heteroatoms. The van der Waals surface area contributed by atoms with E-state index in [9.17, 15) is 9.59 Å². The van der Waals surface area contributed by atoms with Crippen molar-refractivity contribution in [2.45, 2.75) is 52.7 Å². The van der Waals surface area contributed by atoms with Gasteiger partial charge in [0, 0.05) is 20.1 Å². The molecule has 0 aromatic carbocycles. The number of carbonyl (C=O) groups is 2. The summed E-state index contributed by atoms with van der Waals surface area (Å²) in [5.74, 6) is 0. The van der Waals surface area contributed by atoms with Crippen molar-refractivity contribution in [2.24, 2.45) is 0 Å². The Morgan fingerprint density at radius 3 is 1.30 bits per heavy atom. The zero-order chi connectivity index (χ0) is 28.0. The molecule has 0 unspecified atom stereocenters. The van der Waals surface area contributed by atoms with E-state index in [2.05, 4.69) is 5.32 Å². The highest BCUT2D eigenvalue weighted by Gasteiger charge is 2.19. The topological polar surface area (TPSA) is 123 Å². The van der Waals surface area contributed by atoms with Gasteiger partial charge in [-0.3, -0.25) is 0 Å². The molecule has 12 nitrogen and oxygen atoms in total. The molecule has 0 saturated carbocycles. The molecule has 0 aromatic rings. The fourth-order valence-electron chi connectivity index (χ4n) is 2.37. The van der Waals surface area contributed by atoms with E-state index in [1.807, 2.05) is 41.5 Å². The van der Waals surface area contributed by atoms with Gasteiger partial charge in [-0.15, -0.1) is 0 Å². The molecular formula is C25H50N2O10. The minimum Gasteiger partial charge on any atom is -0.444 e. The second-order valence-corrected chi connectivity index (χ2v) is 10.0. The van der Waals surface area contributed by atoms with Crippen LogP contribution >= 0.6 is 0 Å². The van der Waals surface area contributed by atoms with E-state index in [0.29, 0.717) is 92.4 Å². The summed E-state index contributed by atoms with van der Waals surface area (Å²) in [6, 6.07) is 0. The second-order valence-electron chi connectivity index (χ2n) is 10.0. The standard InChI is InChI=1S/C25H50N2O10/c1-24(2,3)36-22(28)26-8-10-30-12-14-32-16-18-34-20-21-35-19-17-33-15-13-31-11-9-27(7)23(29)37-25(4,5)6/h8-21H2,1-7H3,(H,26,28). The van der Waals surface area contributed by atoms with Crippen molar-refractivity contribution in [3.63, 3.8) is 0 Å². The van der Waals surface area contributed by atoms with Crippen LogP contribution in [0.5, 0.6) is 0 Å². The minimum absolute atomic E-state index is 0.367. The third-order valence-electron chi connectivity index (χ3n) is 4.05. The van der Waals surface area contributed by atoms with Crippen LogP contribution in [0.25, 0.3) is 0 Å². The Bertz CT molecular complexity index is 579. The van der Waals surface area contributed by atoms with Gasteiger partial charge in [-0.2, -0.15) is 0 Å². The largest absolute Gasteiger partial charge is 0.444 e. The molecule has 2 amide bonds. The van der Waals surface area contributed by atoms with Gasteiger partial charge in [0.25, 0.3) is 0 Å². The summed E-state index contributed by atoms with van der Waals surface area (Å²) in [6.07, 6.45) is -0.821. The number of carbonyl (C=O) groups excluding carboxylic acids is 2. The summed E-state index contributed by atoms with van der Waals surface area (Å²) in [5, 5.41) is 2.62. The summed E-state index contributed by atoms with van der Waals surface area (Å²) >= 11 is 0. The number of likely N-dealkylation sites (N-methyl/N-ethyl adjacent to an activating group) is 1. The molecule has 0 bridgehead atoms. The first-order valence-corrected chi connectivity index (χ1v) is 12.8. The van der Waals surface area contributed by atoms with E-state index in [1.165, 1.54) is 4.90 Å². The number of ether oxygens (including phenoxy) is 8. The van der Waals surface area contributed by atoms with Crippen molar-refractivity contribution in [2.75, 3.05) is 99.4 Å². The first-order valence-electron chi connectivity index (χ1n) is 12.8. The number of nitrogens with one attached hydrogen (secondary N) is 1. The second kappa shape index (κ2) is 21.3. The fourth-order valence-corrected chi connectivity index (χ4v) is 2.37. The minimum atomic E-state index is -0.511.